The molecule has 0 aliphatic carbocycles. The summed E-state index contributed by atoms with van der Waals surface area (Å²) in [4.78, 5) is 14.6. The Labute approximate surface area is 162 Å². The zero-order chi connectivity index (χ0) is 18.7. The van der Waals surface area contributed by atoms with E-state index in [9.17, 15) is 13.2 Å². The first-order valence-electron chi connectivity index (χ1n) is 8.56. The van der Waals surface area contributed by atoms with Gasteiger partial charge in [-0.05, 0) is 42.3 Å². The van der Waals surface area contributed by atoms with E-state index >= 15 is 0 Å². The monoisotopic (exact) mass is 436 g/mol. The van der Waals surface area contributed by atoms with Crippen molar-refractivity contribution in [1.82, 2.24) is 9.21 Å². The molecule has 0 aromatic heterocycles. The number of hydrogen-bond acceptors (Lipinski definition) is 3. The van der Waals surface area contributed by atoms with Crippen LogP contribution in [0.25, 0.3) is 0 Å². The van der Waals surface area contributed by atoms with Gasteiger partial charge in [0.1, 0.15) is 0 Å². The molecule has 3 rings (SSSR count). The number of piperazine rings is 1. The van der Waals surface area contributed by atoms with Gasteiger partial charge in [0, 0.05) is 36.2 Å². The van der Waals surface area contributed by atoms with E-state index < -0.39 is 10.0 Å². The van der Waals surface area contributed by atoms with Crippen LogP contribution in [-0.4, -0.2) is 49.7 Å². The van der Waals surface area contributed by atoms with Gasteiger partial charge in [0.2, 0.25) is 10.0 Å². The summed E-state index contributed by atoms with van der Waals surface area (Å²) in [5.41, 5.74) is 1.83. The molecule has 0 spiro atoms. The largest absolute Gasteiger partial charge is 0.336 e. The fourth-order valence-electron chi connectivity index (χ4n) is 2.97. The van der Waals surface area contributed by atoms with Crippen molar-refractivity contribution in [3.8, 4) is 0 Å². The summed E-state index contributed by atoms with van der Waals surface area (Å²) < 4.78 is 27.7. The molecule has 2 aromatic rings. The Hall–Kier alpha value is -1.70. The van der Waals surface area contributed by atoms with Crippen LogP contribution in [0.15, 0.2) is 57.9 Å². The molecule has 7 heteroatoms. The molecule has 138 valence electrons. The number of hydrogen-bond donors (Lipinski definition) is 0. The van der Waals surface area contributed by atoms with Crippen molar-refractivity contribution >= 4 is 31.9 Å². The smallest absolute Gasteiger partial charge is 0.253 e. The van der Waals surface area contributed by atoms with Gasteiger partial charge in [-0.15, -0.1) is 0 Å². The molecule has 1 aliphatic rings. The van der Waals surface area contributed by atoms with Crippen LogP contribution in [0, 0.1) is 0 Å². The fourth-order valence-corrected chi connectivity index (χ4v) is 4.99. The molecule has 5 nitrogen and oxygen atoms in total. The van der Waals surface area contributed by atoms with Gasteiger partial charge in [-0.2, -0.15) is 4.31 Å². The van der Waals surface area contributed by atoms with Gasteiger partial charge in [0.25, 0.3) is 5.91 Å². The summed E-state index contributed by atoms with van der Waals surface area (Å²) in [5, 5.41) is 0. The first-order chi connectivity index (χ1) is 12.4. The first-order valence-corrected chi connectivity index (χ1v) is 10.8. The van der Waals surface area contributed by atoms with Crippen molar-refractivity contribution in [3.63, 3.8) is 0 Å². The van der Waals surface area contributed by atoms with Crippen LogP contribution in [0.3, 0.4) is 0 Å². The van der Waals surface area contributed by atoms with E-state index in [0.29, 0.717) is 31.7 Å². The summed E-state index contributed by atoms with van der Waals surface area (Å²) in [5.74, 6) is -0.0489. The number of amides is 1. The lowest BCUT2D eigenvalue weighted by Gasteiger charge is -2.34. The van der Waals surface area contributed by atoms with E-state index in [1.165, 1.54) is 9.87 Å². The predicted molar refractivity (Wildman–Crippen MR) is 105 cm³/mol. The van der Waals surface area contributed by atoms with Crippen molar-refractivity contribution < 1.29 is 13.2 Å². The van der Waals surface area contributed by atoms with Crippen LogP contribution in [0.2, 0.25) is 0 Å². The van der Waals surface area contributed by atoms with Gasteiger partial charge >= 0.3 is 0 Å². The number of nitrogens with zero attached hydrogens (tertiary/aromatic N) is 2. The standard InChI is InChI=1S/C19H21BrN2O3S/c1-2-15-6-8-16(9-7-15)19(23)21-10-12-22(13-11-21)26(24,25)18-5-3-4-17(20)14-18/h3-9,14H,2,10-13H2,1H3. The number of sulfonamides is 1. The Morgan fingerprint density at radius 2 is 1.69 bits per heavy atom. The highest BCUT2D eigenvalue weighted by Crippen LogP contribution is 2.21. The number of benzene rings is 2. The Balaban J connectivity index is 1.67. The summed E-state index contributed by atoms with van der Waals surface area (Å²) in [6, 6.07) is 14.3. The highest BCUT2D eigenvalue weighted by Gasteiger charge is 2.30. The molecule has 0 N–H and O–H groups in total. The summed E-state index contributed by atoms with van der Waals surface area (Å²) in [7, 11) is -3.54. The van der Waals surface area contributed by atoms with Crippen LogP contribution in [0.4, 0.5) is 0 Å². The molecule has 0 bridgehead atoms. The third-order valence-corrected chi connectivity index (χ3v) is 6.96. The highest BCUT2D eigenvalue weighted by atomic mass is 79.9. The zero-order valence-electron chi connectivity index (χ0n) is 14.6. The fraction of sp³-hybridized carbons (Fsp3) is 0.316. The lowest BCUT2D eigenvalue weighted by molar-refractivity contribution is 0.0698. The van der Waals surface area contributed by atoms with Crippen molar-refractivity contribution in [2.24, 2.45) is 0 Å². The molecule has 0 saturated carbocycles. The summed E-state index contributed by atoms with van der Waals surface area (Å²) in [6.07, 6.45) is 0.931. The minimum Gasteiger partial charge on any atom is -0.336 e. The Morgan fingerprint density at radius 3 is 2.27 bits per heavy atom. The SMILES string of the molecule is CCc1ccc(C(=O)N2CCN(S(=O)(=O)c3cccc(Br)c3)CC2)cc1. The molecule has 1 saturated heterocycles. The van der Waals surface area contributed by atoms with E-state index in [2.05, 4.69) is 22.9 Å². The second-order valence-electron chi connectivity index (χ2n) is 6.20. The van der Waals surface area contributed by atoms with Gasteiger partial charge in [-0.1, -0.05) is 41.1 Å². The highest BCUT2D eigenvalue weighted by molar-refractivity contribution is 9.10. The van der Waals surface area contributed by atoms with Gasteiger partial charge in [0.15, 0.2) is 0 Å². The average Bonchev–Trinajstić information content (AvgIpc) is 2.67. The van der Waals surface area contributed by atoms with Crippen molar-refractivity contribution in [3.05, 3.63) is 64.1 Å². The first kappa shape index (κ1) is 19.1. The molecule has 1 fully saturated rings. The molecule has 0 atom stereocenters. The van der Waals surface area contributed by atoms with E-state index in [4.69, 9.17) is 0 Å². The van der Waals surface area contributed by atoms with Crippen LogP contribution in [0.5, 0.6) is 0 Å². The number of halogens is 1. The van der Waals surface area contributed by atoms with Crippen LogP contribution < -0.4 is 0 Å². The van der Waals surface area contributed by atoms with Gasteiger partial charge in [-0.3, -0.25) is 4.79 Å². The Kier molecular flexibility index (Phi) is 5.79. The molecular weight excluding hydrogens is 416 g/mol. The van der Waals surface area contributed by atoms with Crippen LogP contribution in [0.1, 0.15) is 22.8 Å². The molecule has 0 unspecified atom stereocenters. The van der Waals surface area contributed by atoms with Crippen molar-refractivity contribution in [2.45, 2.75) is 18.2 Å². The van der Waals surface area contributed by atoms with E-state index in [0.717, 1.165) is 10.9 Å². The molecule has 1 heterocycles. The third kappa shape index (κ3) is 4.00. The lowest BCUT2D eigenvalue weighted by Crippen LogP contribution is -2.50. The van der Waals surface area contributed by atoms with E-state index in [-0.39, 0.29) is 10.8 Å². The number of carbonyl (C=O) groups excluding carboxylic acids is 1. The van der Waals surface area contributed by atoms with Crippen molar-refractivity contribution in [2.75, 3.05) is 26.2 Å². The number of rotatable bonds is 4. The topological polar surface area (TPSA) is 57.7 Å². The summed E-state index contributed by atoms with van der Waals surface area (Å²) >= 11 is 3.31. The zero-order valence-corrected chi connectivity index (χ0v) is 17.0. The van der Waals surface area contributed by atoms with E-state index in [1.807, 2.05) is 24.3 Å². The second-order valence-corrected chi connectivity index (χ2v) is 9.06. The summed E-state index contributed by atoms with van der Waals surface area (Å²) in [6.45, 7) is 3.45. The van der Waals surface area contributed by atoms with Crippen LogP contribution in [-0.2, 0) is 16.4 Å². The Morgan fingerprint density at radius 1 is 1.04 bits per heavy atom. The van der Waals surface area contributed by atoms with Crippen molar-refractivity contribution in [1.29, 1.82) is 0 Å². The van der Waals surface area contributed by atoms with Gasteiger partial charge in [0.05, 0.1) is 4.90 Å². The van der Waals surface area contributed by atoms with Crippen LogP contribution >= 0.6 is 15.9 Å². The van der Waals surface area contributed by atoms with E-state index in [1.54, 1.807) is 29.2 Å². The maximum absolute atomic E-state index is 12.8. The quantitative estimate of drug-likeness (QED) is 0.739. The number of aryl methyl sites for hydroxylation is 1. The maximum Gasteiger partial charge on any atom is 0.253 e. The normalized spacial score (nSPS) is 15.8. The number of carbonyl (C=O) groups is 1. The molecule has 1 amide bonds. The molecule has 0 radical (unpaired) electrons. The minimum atomic E-state index is -3.54. The predicted octanol–water partition coefficient (Wildman–Crippen LogP) is 3.16. The molecular formula is C19H21BrN2O3S. The lowest BCUT2D eigenvalue weighted by atomic mass is 10.1. The van der Waals surface area contributed by atoms with Gasteiger partial charge in [-0.25, -0.2) is 8.42 Å². The second kappa shape index (κ2) is 7.90. The molecule has 26 heavy (non-hydrogen) atoms. The Bertz CT molecular complexity index is 889. The minimum absolute atomic E-state index is 0.0489. The average molecular weight is 437 g/mol. The third-order valence-electron chi connectivity index (χ3n) is 4.57. The maximum atomic E-state index is 12.8. The van der Waals surface area contributed by atoms with Gasteiger partial charge < -0.3 is 4.90 Å². The molecule has 1 aliphatic heterocycles. The molecule has 2 aromatic carbocycles.